The van der Waals surface area contributed by atoms with Gasteiger partial charge in [0.05, 0.1) is 24.1 Å². The highest BCUT2D eigenvalue weighted by Crippen LogP contribution is 2.16. The maximum atomic E-state index is 13.7. The second kappa shape index (κ2) is 18.9. The van der Waals surface area contributed by atoms with Crippen molar-refractivity contribution in [2.75, 3.05) is 0 Å². The number of aliphatic carboxylic acids is 2. The molecule has 0 radical (unpaired) electrons. The third kappa shape index (κ3) is 13.8. The van der Waals surface area contributed by atoms with Gasteiger partial charge >= 0.3 is 18.0 Å². The molecule has 4 amide bonds. The third-order valence-electron chi connectivity index (χ3n) is 7.01. The fraction of sp³-hybridized carbons (Fsp3) is 0.394. The Labute approximate surface area is 284 Å². The molecular weight excluding hydrogens is 660 g/mol. The van der Waals surface area contributed by atoms with Gasteiger partial charge in [-0.15, -0.1) is 0 Å². The zero-order valence-electron chi connectivity index (χ0n) is 27.5. The van der Waals surface area contributed by atoms with Crippen LogP contribution in [0.3, 0.4) is 0 Å². The second-order valence-corrected chi connectivity index (χ2v) is 14.0. The SMILES string of the molecule is CC(C)[C@@H](NC(=O)[C@@H](NC(=O)[C@H](CC(=O)O)NC(=O)OCc1ccccc1)c1ccccc1)C(=O)N[C@H](/C=C/S(=O)(=O)C(C)C)CC(=O)O. The Hall–Kier alpha value is -5.25. The Bertz CT molecular complexity index is 1600. The van der Waals surface area contributed by atoms with Crippen LogP contribution < -0.4 is 21.3 Å². The first-order valence-electron chi connectivity index (χ1n) is 15.3. The van der Waals surface area contributed by atoms with Gasteiger partial charge in [-0.05, 0) is 30.9 Å². The lowest BCUT2D eigenvalue weighted by Gasteiger charge is -2.27. The smallest absolute Gasteiger partial charge is 0.408 e. The number of rotatable bonds is 18. The maximum absolute atomic E-state index is 13.7. The average Bonchev–Trinajstić information content (AvgIpc) is 3.03. The van der Waals surface area contributed by atoms with Crippen LogP contribution in [0.4, 0.5) is 4.79 Å². The van der Waals surface area contributed by atoms with Crippen molar-refractivity contribution >= 4 is 45.6 Å². The number of carbonyl (C=O) groups excluding carboxylic acids is 4. The summed E-state index contributed by atoms with van der Waals surface area (Å²) in [5, 5.41) is 28.4. The lowest BCUT2D eigenvalue weighted by atomic mass is 10.00. The maximum Gasteiger partial charge on any atom is 0.408 e. The predicted octanol–water partition coefficient (Wildman–Crippen LogP) is 2.05. The minimum atomic E-state index is -3.72. The van der Waals surface area contributed by atoms with Crippen LogP contribution in [0, 0.1) is 5.92 Å². The zero-order valence-corrected chi connectivity index (χ0v) is 28.3. The summed E-state index contributed by atoms with van der Waals surface area (Å²) in [5.41, 5.74) is 0.898. The molecule has 0 fully saturated rings. The lowest BCUT2D eigenvalue weighted by Crippen LogP contribution is -2.56. The van der Waals surface area contributed by atoms with E-state index in [9.17, 15) is 47.4 Å². The number of carbonyl (C=O) groups is 6. The highest BCUT2D eigenvalue weighted by Gasteiger charge is 2.33. The Balaban J connectivity index is 2.28. The topological polar surface area (TPSA) is 234 Å². The van der Waals surface area contributed by atoms with Crippen LogP contribution in [0.2, 0.25) is 0 Å². The van der Waals surface area contributed by atoms with Crippen LogP contribution in [-0.2, 0) is 45.2 Å². The third-order valence-corrected chi connectivity index (χ3v) is 8.86. The van der Waals surface area contributed by atoms with Gasteiger partial charge in [0, 0.05) is 5.41 Å². The number of sulfone groups is 1. The van der Waals surface area contributed by atoms with Crippen molar-refractivity contribution in [2.45, 2.75) is 76.6 Å². The van der Waals surface area contributed by atoms with Crippen molar-refractivity contribution in [1.29, 1.82) is 0 Å². The van der Waals surface area contributed by atoms with Crippen LogP contribution >= 0.6 is 0 Å². The molecule has 0 aliphatic carbocycles. The van der Waals surface area contributed by atoms with Gasteiger partial charge in [0.1, 0.15) is 24.7 Å². The van der Waals surface area contributed by atoms with E-state index in [4.69, 9.17) is 4.74 Å². The van der Waals surface area contributed by atoms with Crippen LogP contribution in [0.5, 0.6) is 0 Å². The van der Waals surface area contributed by atoms with E-state index in [0.717, 1.165) is 11.5 Å². The fourth-order valence-electron chi connectivity index (χ4n) is 4.24. The first-order valence-corrected chi connectivity index (χ1v) is 16.9. The van der Waals surface area contributed by atoms with Crippen molar-refractivity contribution in [3.63, 3.8) is 0 Å². The summed E-state index contributed by atoms with van der Waals surface area (Å²) in [6.45, 7) is 5.92. The van der Waals surface area contributed by atoms with Gasteiger partial charge in [0.2, 0.25) is 17.7 Å². The summed E-state index contributed by atoms with van der Waals surface area (Å²) in [6, 6.07) is 10.8. The van der Waals surface area contributed by atoms with Crippen molar-refractivity contribution in [2.24, 2.45) is 5.92 Å². The summed E-state index contributed by atoms with van der Waals surface area (Å²) in [4.78, 5) is 75.9. The summed E-state index contributed by atoms with van der Waals surface area (Å²) in [6.07, 6.45) is -1.53. The van der Waals surface area contributed by atoms with Crippen molar-refractivity contribution in [3.8, 4) is 0 Å². The van der Waals surface area contributed by atoms with Gasteiger partial charge < -0.3 is 36.2 Å². The molecule has 0 bridgehead atoms. The standard InChI is InChI=1S/C33H42N4O11S/c1-20(2)28(31(43)34-24(17-26(38)39)15-16-49(46,47)21(3)4)36-32(44)29(23-13-9-6-10-14-23)37-30(42)25(18-27(40)41)35-33(45)48-19-22-11-7-5-8-12-22/h5-16,20-21,24-25,28-29H,17-19H2,1-4H3,(H,34,43)(H,35,45)(H,36,44)(H,37,42)(H,38,39)(H,40,41)/b16-15+/t24-,25+,28-,29+/m1/s1. The van der Waals surface area contributed by atoms with Gasteiger partial charge in [-0.1, -0.05) is 80.6 Å². The molecule has 0 heterocycles. The van der Waals surface area contributed by atoms with E-state index in [2.05, 4.69) is 21.3 Å². The van der Waals surface area contributed by atoms with Crippen molar-refractivity contribution < 1.29 is 52.1 Å². The number of hydrogen-bond acceptors (Lipinski definition) is 9. The van der Waals surface area contributed by atoms with Gasteiger partial charge in [0.25, 0.3) is 0 Å². The monoisotopic (exact) mass is 702 g/mol. The van der Waals surface area contributed by atoms with Crippen LogP contribution in [-0.4, -0.2) is 77.8 Å². The molecule has 0 spiro atoms. The Kier molecular flexibility index (Phi) is 15.4. The van der Waals surface area contributed by atoms with E-state index in [1.54, 1.807) is 62.4 Å². The number of hydrogen-bond donors (Lipinski definition) is 6. The van der Waals surface area contributed by atoms with Crippen molar-refractivity contribution in [3.05, 3.63) is 83.3 Å². The highest BCUT2D eigenvalue weighted by molar-refractivity contribution is 7.94. The number of nitrogens with one attached hydrogen (secondary N) is 4. The average molecular weight is 703 g/mol. The largest absolute Gasteiger partial charge is 0.481 e. The fourth-order valence-corrected chi connectivity index (χ4v) is 4.96. The molecular formula is C33H42N4O11S. The summed E-state index contributed by atoms with van der Waals surface area (Å²) in [5.74, 6) is -6.07. The molecule has 16 heteroatoms. The molecule has 2 aromatic rings. The number of alkyl carbamates (subject to hydrolysis) is 1. The summed E-state index contributed by atoms with van der Waals surface area (Å²) < 4.78 is 29.6. The van der Waals surface area contributed by atoms with Gasteiger partial charge in [-0.2, -0.15) is 0 Å². The Morgan fingerprint density at radius 3 is 1.84 bits per heavy atom. The molecule has 0 saturated carbocycles. The molecule has 0 aromatic heterocycles. The highest BCUT2D eigenvalue weighted by atomic mass is 32.2. The van der Waals surface area contributed by atoms with Gasteiger partial charge in [-0.3, -0.25) is 24.0 Å². The number of carboxylic acid groups (broad SMARTS) is 2. The molecule has 6 N–H and O–H groups in total. The number of benzene rings is 2. The molecule has 0 unspecified atom stereocenters. The molecule has 0 saturated heterocycles. The summed E-state index contributed by atoms with van der Waals surface area (Å²) in [7, 11) is -3.72. The minimum absolute atomic E-state index is 0.154. The van der Waals surface area contributed by atoms with E-state index in [0.29, 0.717) is 5.56 Å². The number of amides is 4. The van der Waals surface area contributed by atoms with Gasteiger partial charge in [0.15, 0.2) is 9.84 Å². The van der Waals surface area contributed by atoms with Crippen LogP contribution in [0.25, 0.3) is 0 Å². The lowest BCUT2D eigenvalue weighted by molar-refractivity contribution is -0.140. The van der Waals surface area contributed by atoms with Crippen molar-refractivity contribution in [1.82, 2.24) is 21.3 Å². The van der Waals surface area contributed by atoms with E-state index < -0.39 is 93.8 Å². The first-order chi connectivity index (χ1) is 23.0. The quantitative estimate of drug-likeness (QED) is 0.132. The normalized spacial score (nSPS) is 13.9. The number of carboxylic acids is 2. The molecule has 2 aromatic carbocycles. The van der Waals surface area contributed by atoms with E-state index in [1.807, 2.05) is 0 Å². The Morgan fingerprint density at radius 1 is 0.735 bits per heavy atom. The number of ether oxygens (including phenoxy) is 1. The van der Waals surface area contributed by atoms with E-state index in [-0.39, 0.29) is 12.2 Å². The molecule has 0 aliphatic rings. The predicted molar refractivity (Wildman–Crippen MR) is 177 cm³/mol. The van der Waals surface area contributed by atoms with E-state index in [1.165, 1.54) is 26.0 Å². The Morgan fingerprint density at radius 2 is 1.31 bits per heavy atom. The molecule has 49 heavy (non-hydrogen) atoms. The second-order valence-electron chi connectivity index (χ2n) is 11.6. The molecule has 2 rings (SSSR count). The zero-order chi connectivity index (χ0) is 36.7. The van der Waals surface area contributed by atoms with Crippen LogP contribution in [0.15, 0.2) is 72.1 Å². The molecule has 266 valence electrons. The molecule has 4 atom stereocenters. The van der Waals surface area contributed by atoms with Crippen LogP contribution in [0.1, 0.15) is 57.7 Å². The molecule has 15 nitrogen and oxygen atoms in total. The summed E-state index contributed by atoms with van der Waals surface area (Å²) >= 11 is 0. The van der Waals surface area contributed by atoms with Gasteiger partial charge in [-0.25, -0.2) is 13.2 Å². The molecule has 0 aliphatic heterocycles. The first kappa shape index (κ1) is 39.9. The van der Waals surface area contributed by atoms with E-state index >= 15 is 0 Å². The minimum Gasteiger partial charge on any atom is -0.481 e.